The average Bonchev–Trinajstić information content (AvgIpc) is 2.32. The van der Waals surface area contributed by atoms with Gasteiger partial charge in [0.2, 0.25) is 0 Å². The van der Waals surface area contributed by atoms with Crippen molar-refractivity contribution in [3.8, 4) is 0 Å². The van der Waals surface area contributed by atoms with Crippen molar-refractivity contribution in [1.29, 1.82) is 0 Å². The lowest BCUT2D eigenvalue weighted by Crippen LogP contribution is -2.32. The normalized spacial score (nSPS) is 12.0. The SMILES string of the molecule is CC(C)(C)OC(=O)NCc1ccc(COS(C)(=O)=O)cc1. The standard InChI is InChI=1S/C14H21NO5S/c1-14(2,3)20-13(16)15-9-11-5-7-12(8-6-11)10-19-21(4,17)18/h5-8H,9-10H2,1-4H3,(H,15,16). The first-order chi connectivity index (χ1) is 9.55. The molecule has 0 aliphatic carbocycles. The summed E-state index contributed by atoms with van der Waals surface area (Å²) < 4.78 is 31.6. The van der Waals surface area contributed by atoms with E-state index in [0.717, 1.165) is 17.4 Å². The summed E-state index contributed by atoms with van der Waals surface area (Å²) in [5, 5.41) is 2.64. The summed E-state index contributed by atoms with van der Waals surface area (Å²) >= 11 is 0. The summed E-state index contributed by atoms with van der Waals surface area (Å²) in [4.78, 5) is 11.5. The van der Waals surface area contributed by atoms with Crippen molar-refractivity contribution < 1.29 is 22.1 Å². The molecule has 7 heteroatoms. The minimum atomic E-state index is -3.44. The predicted molar refractivity (Wildman–Crippen MR) is 79.1 cm³/mol. The quantitative estimate of drug-likeness (QED) is 0.842. The molecule has 1 aromatic rings. The van der Waals surface area contributed by atoms with Gasteiger partial charge in [-0.2, -0.15) is 8.42 Å². The minimum absolute atomic E-state index is 0.00138. The summed E-state index contributed by atoms with van der Waals surface area (Å²) in [5.74, 6) is 0. The molecular formula is C14H21NO5S. The molecule has 6 nitrogen and oxygen atoms in total. The van der Waals surface area contributed by atoms with E-state index in [1.807, 2.05) is 0 Å². The zero-order valence-corrected chi connectivity index (χ0v) is 13.5. The van der Waals surface area contributed by atoms with Crippen LogP contribution in [0.5, 0.6) is 0 Å². The fraction of sp³-hybridized carbons (Fsp3) is 0.500. The van der Waals surface area contributed by atoms with Gasteiger partial charge in [0.25, 0.3) is 10.1 Å². The molecular weight excluding hydrogens is 294 g/mol. The molecule has 21 heavy (non-hydrogen) atoms. The van der Waals surface area contributed by atoms with Gasteiger partial charge in [-0.25, -0.2) is 4.79 Å². The van der Waals surface area contributed by atoms with Crippen molar-refractivity contribution in [2.24, 2.45) is 0 Å². The fourth-order valence-electron chi connectivity index (χ4n) is 1.42. The Kier molecular flexibility index (Phi) is 5.74. The van der Waals surface area contributed by atoms with Crippen molar-refractivity contribution >= 4 is 16.2 Å². The first kappa shape index (κ1) is 17.5. The summed E-state index contributed by atoms with van der Waals surface area (Å²) in [5.41, 5.74) is 1.09. The number of ether oxygens (including phenoxy) is 1. The van der Waals surface area contributed by atoms with Gasteiger partial charge in [0, 0.05) is 6.54 Å². The van der Waals surface area contributed by atoms with Gasteiger partial charge < -0.3 is 10.1 Å². The number of carbonyl (C=O) groups excluding carboxylic acids is 1. The predicted octanol–water partition coefficient (Wildman–Crippen LogP) is 2.19. The minimum Gasteiger partial charge on any atom is -0.444 e. The topological polar surface area (TPSA) is 81.7 Å². The van der Waals surface area contributed by atoms with Crippen LogP contribution in [0, 0.1) is 0 Å². The number of hydrogen-bond donors (Lipinski definition) is 1. The molecule has 0 saturated heterocycles. The Hall–Kier alpha value is -1.60. The Bertz CT molecular complexity index is 572. The molecule has 0 bridgehead atoms. The van der Waals surface area contributed by atoms with Gasteiger partial charge in [0.05, 0.1) is 12.9 Å². The molecule has 0 aliphatic heterocycles. The van der Waals surface area contributed by atoms with Gasteiger partial charge in [0.15, 0.2) is 0 Å². The van der Waals surface area contributed by atoms with E-state index in [9.17, 15) is 13.2 Å². The molecule has 0 unspecified atom stereocenters. The third kappa shape index (κ3) is 8.31. The average molecular weight is 315 g/mol. The van der Waals surface area contributed by atoms with Gasteiger partial charge in [-0.05, 0) is 31.9 Å². The Balaban J connectivity index is 2.46. The number of amides is 1. The second-order valence-electron chi connectivity index (χ2n) is 5.64. The van der Waals surface area contributed by atoms with Crippen LogP contribution in [0.4, 0.5) is 4.79 Å². The van der Waals surface area contributed by atoms with Crippen LogP contribution in [0.25, 0.3) is 0 Å². The lowest BCUT2D eigenvalue weighted by molar-refractivity contribution is 0.0523. The summed E-state index contributed by atoms with van der Waals surface area (Å²) in [6, 6.07) is 7.07. The Morgan fingerprint density at radius 1 is 1.14 bits per heavy atom. The van der Waals surface area contributed by atoms with E-state index in [1.165, 1.54) is 0 Å². The number of hydrogen-bond acceptors (Lipinski definition) is 5. The third-order valence-corrected chi connectivity index (χ3v) is 2.84. The number of alkyl carbamates (subject to hydrolysis) is 1. The highest BCUT2D eigenvalue weighted by atomic mass is 32.2. The largest absolute Gasteiger partial charge is 0.444 e. The van der Waals surface area contributed by atoms with E-state index >= 15 is 0 Å². The molecule has 0 saturated carbocycles. The zero-order valence-electron chi connectivity index (χ0n) is 12.7. The van der Waals surface area contributed by atoms with Crippen LogP contribution in [0.1, 0.15) is 31.9 Å². The highest BCUT2D eigenvalue weighted by molar-refractivity contribution is 7.85. The molecule has 0 atom stereocenters. The lowest BCUT2D eigenvalue weighted by atomic mass is 10.1. The maximum Gasteiger partial charge on any atom is 0.407 e. The monoisotopic (exact) mass is 315 g/mol. The van der Waals surface area contributed by atoms with Crippen LogP contribution >= 0.6 is 0 Å². The van der Waals surface area contributed by atoms with Gasteiger partial charge in [-0.1, -0.05) is 24.3 Å². The van der Waals surface area contributed by atoms with Crippen LogP contribution < -0.4 is 5.32 Å². The third-order valence-electron chi connectivity index (χ3n) is 2.30. The molecule has 0 aromatic heterocycles. The van der Waals surface area contributed by atoms with Gasteiger partial charge >= 0.3 is 6.09 Å². The number of benzene rings is 1. The van der Waals surface area contributed by atoms with Crippen molar-refractivity contribution in [1.82, 2.24) is 5.32 Å². The molecule has 0 heterocycles. The summed E-state index contributed by atoms with van der Waals surface area (Å²) in [7, 11) is -3.44. The van der Waals surface area contributed by atoms with Crippen LogP contribution in [-0.4, -0.2) is 26.4 Å². The second-order valence-corrected chi connectivity index (χ2v) is 7.28. The first-order valence-corrected chi connectivity index (χ1v) is 8.26. The second kappa shape index (κ2) is 6.91. The Labute approximate surface area is 125 Å². The van der Waals surface area contributed by atoms with Crippen LogP contribution in [0.3, 0.4) is 0 Å². The number of carbonyl (C=O) groups is 1. The molecule has 0 spiro atoms. The van der Waals surface area contributed by atoms with E-state index in [4.69, 9.17) is 8.92 Å². The van der Waals surface area contributed by atoms with Crippen LogP contribution in [-0.2, 0) is 32.2 Å². The fourth-order valence-corrected chi connectivity index (χ4v) is 1.77. The highest BCUT2D eigenvalue weighted by Gasteiger charge is 2.15. The zero-order chi connectivity index (χ0) is 16.1. The highest BCUT2D eigenvalue weighted by Crippen LogP contribution is 2.09. The molecule has 1 rings (SSSR count). The van der Waals surface area contributed by atoms with Crippen molar-refractivity contribution in [2.45, 2.75) is 39.5 Å². The van der Waals surface area contributed by atoms with Crippen LogP contribution in [0.2, 0.25) is 0 Å². The summed E-state index contributed by atoms with van der Waals surface area (Å²) in [6.07, 6.45) is 0.526. The smallest absolute Gasteiger partial charge is 0.407 e. The molecule has 0 radical (unpaired) electrons. The van der Waals surface area contributed by atoms with Gasteiger partial charge in [-0.3, -0.25) is 4.18 Å². The molecule has 0 aliphatic rings. The van der Waals surface area contributed by atoms with Crippen molar-refractivity contribution in [2.75, 3.05) is 6.26 Å². The molecule has 1 N–H and O–H groups in total. The van der Waals surface area contributed by atoms with Gasteiger partial charge in [0.1, 0.15) is 5.60 Å². The molecule has 1 amide bonds. The summed E-state index contributed by atoms with van der Waals surface area (Å²) in [6.45, 7) is 5.72. The Morgan fingerprint density at radius 2 is 1.67 bits per heavy atom. The van der Waals surface area contributed by atoms with Crippen molar-refractivity contribution in [3.63, 3.8) is 0 Å². The van der Waals surface area contributed by atoms with E-state index in [1.54, 1.807) is 45.0 Å². The van der Waals surface area contributed by atoms with E-state index in [2.05, 4.69) is 5.32 Å². The maximum atomic E-state index is 11.5. The number of rotatable bonds is 5. The number of nitrogens with one attached hydrogen (secondary N) is 1. The lowest BCUT2D eigenvalue weighted by Gasteiger charge is -2.19. The van der Waals surface area contributed by atoms with Gasteiger partial charge in [-0.15, -0.1) is 0 Å². The molecule has 118 valence electrons. The van der Waals surface area contributed by atoms with Crippen molar-refractivity contribution in [3.05, 3.63) is 35.4 Å². The van der Waals surface area contributed by atoms with E-state index < -0.39 is 21.8 Å². The molecule has 0 fully saturated rings. The first-order valence-electron chi connectivity index (χ1n) is 6.44. The van der Waals surface area contributed by atoms with Crippen LogP contribution in [0.15, 0.2) is 24.3 Å². The van der Waals surface area contributed by atoms with E-state index in [0.29, 0.717) is 6.54 Å². The maximum absolute atomic E-state index is 11.5. The Morgan fingerprint density at radius 3 is 2.14 bits per heavy atom. The van der Waals surface area contributed by atoms with E-state index in [-0.39, 0.29) is 6.61 Å². The molecule has 1 aromatic carbocycles.